The predicted octanol–water partition coefficient (Wildman–Crippen LogP) is 1.32. The lowest BCUT2D eigenvalue weighted by Crippen LogP contribution is -2.17. The number of aromatic nitrogens is 1. The molecule has 0 aliphatic rings. The number of rotatable bonds is 3. The fraction of sp³-hybridized carbons (Fsp3) is 0.286. The minimum Gasteiger partial charge on any atom is -0.464 e. The van der Waals surface area contributed by atoms with E-state index >= 15 is 0 Å². The van der Waals surface area contributed by atoms with E-state index in [0.29, 0.717) is 10.2 Å². The molecule has 0 bridgehead atoms. The molecular formula is C7H7ClN2O3S. The van der Waals surface area contributed by atoms with E-state index in [4.69, 9.17) is 11.6 Å². The van der Waals surface area contributed by atoms with Crippen LogP contribution >= 0.6 is 22.9 Å². The number of oxime groups is 1. The van der Waals surface area contributed by atoms with Crippen molar-refractivity contribution in [3.63, 3.8) is 0 Å². The molecule has 0 spiro atoms. The minimum absolute atomic E-state index is 0.00171. The first-order valence-electron chi connectivity index (χ1n) is 3.50. The highest BCUT2D eigenvalue weighted by atomic mass is 35.5. The van der Waals surface area contributed by atoms with Gasteiger partial charge in [0.2, 0.25) is 5.71 Å². The van der Waals surface area contributed by atoms with Crippen LogP contribution in [0.2, 0.25) is 4.47 Å². The third kappa shape index (κ3) is 2.43. The summed E-state index contributed by atoms with van der Waals surface area (Å²) in [5.41, 5.74) is 0.340. The molecule has 1 aromatic heterocycles. The second-order valence-electron chi connectivity index (χ2n) is 2.10. The van der Waals surface area contributed by atoms with Crippen LogP contribution in [0.5, 0.6) is 0 Å². The number of methoxy groups -OCH3 is 1. The van der Waals surface area contributed by atoms with Gasteiger partial charge in [-0.05, 0) is 0 Å². The third-order valence-electron chi connectivity index (χ3n) is 1.28. The lowest BCUT2D eigenvalue weighted by molar-refractivity contribution is -0.132. The molecule has 0 saturated carbocycles. The molecule has 0 aromatic carbocycles. The third-order valence-corrected chi connectivity index (χ3v) is 2.26. The second-order valence-corrected chi connectivity index (χ2v) is 3.54. The Morgan fingerprint density at radius 3 is 2.79 bits per heavy atom. The minimum atomic E-state index is -0.617. The largest absolute Gasteiger partial charge is 0.464 e. The smallest absolute Gasteiger partial charge is 0.362 e. The molecule has 1 rings (SSSR count). The first-order valence-corrected chi connectivity index (χ1v) is 4.75. The van der Waals surface area contributed by atoms with Crippen LogP contribution in [0.4, 0.5) is 0 Å². The van der Waals surface area contributed by atoms with Crippen LogP contribution in [-0.2, 0) is 14.4 Å². The number of nitrogens with zero attached hydrogens (tertiary/aromatic N) is 2. The Bertz CT molecular complexity index is 364. The number of carbonyl (C=O) groups excluding carboxylic acids is 1. The first kappa shape index (κ1) is 10.9. The number of ether oxygens (including phenoxy) is 1. The number of thiazole rings is 1. The van der Waals surface area contributed by atoms with Gasteiger partial charge >= 0.3 is 5.97 Å². The summed E-state index contributed by atoms with van der Waals surface area (Å²) in [7, 11) is 2.58. The highest BCUT2D eigenvalue weighted by Crippen LogP contribution is 2.16. The standard InChI is InChI=1S/C7H7ClN2O3S/c1-12-6(11)5(10-13-2)4-3-14-7(8)9-4/h3H,1-2H3/b10-5-. The van der Waals surface area contributed by atoms with Gasteiger partial charge in [-0.25, -0.2) is 9.78 Å². The average Bonchev–Trinajstić information content (AvgIpc) is 2.60. The van der Waals surface area contributed by atoms with Crippen LogP contribution in [0.15, 0.2) is 10.5 Å². The zero-order valence-electron chi connectivity index (χ0n) is 7.48. The van der Waals surface area contributed by atoms with Crippen molar-refractivity contribution in [1.82, 2.24) is 4.98 Å². The molecule has 0 aliphatic carbocycles. The molecule has 0 atom stereocenters. The Hall–Kier alpha value is -1.14. The highest BCUT2D eigenvalue weighted by Gasteiger charge is 2.18. The molecule has 7 heteroatoms. The number of hydrogen-bond donors (Lipinski definition) is 0. The van der Waals surface area contributed by atoms with Crippen molar-refractivity contribution in [1.29, 1.82) is 0 Å². The number of esters is 1. The van der Waals surface area contributed by atoms with Gasteiger partial charge in [-0.1, -0.05) is 16.8 Å². The maximum atomic E-state index is 11.2. The molecule has 0 amide bonds. The zero-order valence-corrected chi connectivity index (χ0v) is 9.06. The molecule has 1 aromatic rings. The van der Waals surface area contributed by atoms with Gasteiger partial charge in [0.15, 0.2) is 4.47 Å². The molecule has 0 aliphatic heterocycles. The molecular weight excluding hydrogens is 228 g/mol. The lowest BCUT2D eigenvalue weighted by atomic mass is 10.3. The van der Waals surface area contributed by atoms with E-state index in [9.17, 15) is 4.79 Å². The van der Waals surface area contributed by atoms with Crippen molar-refractivity contribution >= 4 is 34.6 Å². The summed E-state index contributed by atoms with van der Waals surface area (Å²) in [6.07, 6.45) is 0. The Kier molecular flexibility index (Phi) is 3.84. The average molecular weight is 235 g/mol. The van der Waals surface area contributed by atoms with Crippen molar-refractivity contribution in [3.05, 3.63) is 15.5 Å². The van der Waals surface area contributed by atoms with Gasteiger partial charge in [0.25, 0.3) is 0 Å². The van der Waals surface area contributed by atoms with Gasteiger partial charge in [0, 0.05) is 5.38 Å². The van der Waals surface area contributed by atoms with E-state index in [0.717, 1.165) is 0 Å². The molecule has 76 valence electrons. The van der Waals surface area contributed by atoms with Crippen molar-refractivity contribution in [2.45, 2.75) is 0 Å². The predicted molar refractivity (Wildman–Crippen MR) is 52.7 cm³/mol. The molecule has 0 radical (unpaired) electrons. The number of carbonyl (C=O) groups is 1. The molecule has 14 heavy (non-hydrogen) atoms. The second kappa shape index (κ2) is 4.92. The zero-order chi connectivity index (χ0) is 10.6. The molecule has 1 heterocycles. The van der Waals surface area contributed by atoms with Crippen molar-refractivity contribution in [2.75, 3.05) is 14.2 Å². The molecule has 0 unspecified atom stereocenters. The fourth-order valence-corrected chi connectivity index (χ4v) is 1.49. The summed E-state index contributed by atoms with van der Waals surface area (Å²) in [5, 5.41) is 5.10. The van der Waals surface area contributed by atoms with Gasteiger partial charge in [-0.15, -0.1) is 11.3 Å². The van der Waals surface area contributed by atoms with Gasteiger partial charge < -0.3 is 9.57 Å². The number of halogens is 1. The maximum absolute atomic E-state index is 11.2. The summed E-state index contributed by atoms with van der Waals surface area (Å²) in [5.74, 6) is -0.617. The van der Waals surface area contributed by atoms with E-state index in [1.807, 2.05) is 0 Å². The summed E-state index contributed by atoms with van der Waals surface area (Å²) >= 11 is 6.81. The Balaban J connectivity index is 3.00. The summed E-state index contributed by atoms with van der Waals surface area (Å²) in [6, 6.07) is 0. The van der Waals surface area contributed by atoms with Gasteiger partial charge in [0.05, 0.1) is 7.11 Å². The lowest BCUT2D eigenvalue weighted by Gasteiger charge is -1.98. The Morgan fingerprint density at radius 2 is 2.36 bits per heavy atom. The number of hydrogen-bond acceptors (Lipinski definition) is 6. The van der Waals surface area contributed by atoms with Crippen molar-refractivity contribution in [2.24, 2.45) is 5.16 Å². The fourth-order valence-electron chi connectivity index (χ4n) is 0.737. The van der Waals surface area contributed by atoms with E-state index in [1.165, 1.54) is 25.6 Å². The maximum Gasteiger partial charge on any atom is 0.362 e. The van der Waals surface area contributed by atoms with Crippen molar-refractivity contribution in [3.8, 4) is 0 Å². The topological polar surface area (TPSA) is 60.8 Å². The molecule has 0 fully saturated rings. The quantitative estimate of drug-likeness (QED) is 0.450. The van der Waals surface area contributed by atoms with Gasteiger partial charge in [-0.3, -0.25) is 0 Å². The normalized spacial score (nSPS) is 11.2. The summed E-state index contributed by atoms with van der Waals surface area (Å²) in [4.78, 5) is 19.6. The van der Waals surface area contributed by atoms with Gasteiger partial charge in [-0.2, -0.15) is 0 Å². The van der Waals surface area contributed by atoms with Crippen LogP contribution < -0.4 is 0 Å². The first-order chi connectivity index (χ1) is 6.69. The van der Waals surface area contributed by atoms with Crippen LogP contribution in [0, 0.1) is 0 Å². The molecule has 5 nitrogen and oxygen atoms in total. The van der Waals surface area contributed by atoms with E-state index in [1.54, 1.807) is 5.38 Å². The summed E-state index contributed by atoms with van der Waals surface area (Å²) < 4.78 is 4.83. The van der Waals surface area contributed by atoms with Crippen LogP contribution in [0.25, 0.3) is 0 Å². The molecule has 0 saturated heterocycles. The van der Waals surface area contributed by atoms with Crippen LogP contribution in [0.1, 0.15) is 5.69 Å². The Labute approximate surface area is 89.3 Å². The Morgan fingerprint density at radius 1 is 1.64 bits per heavy atom. The van der Waals surface area contributed by atoms with Crippen molar-refractivity contribution < 1.29 is 14.4 Å². The highest BCUT2D eigenvalue weighted by molar-refractivity contribution is 7.14. The van der Waals surface area contributed by atoms with Gasteiger partial charge in [0.1, 0.15) is 12.8 Å². The van der Waals surface area contributed by atoms with E-state index in [-0.39, 0.29) is 5.71 Å². The van der Waals surface area contributed by atoms with E-state index in [2.05, 4.69) is 19.7 Å². The monoisotopic (exact) mass is 234 g/mol. The van der Waals surface area contributed by atoms with Crippen LogP contribution in [-0.4, -0.2) is 30.9 Å². The molecule has 0 N–H and O–H groups in total. The van der Waals surface area contributed by atoms with Crippen LogP contribution in [0.3, 0.4) is 0 Å². The van der Waals surface area contributed by atoms with E-state index < -0.39 is 5.97 Å². The SMILES string of the molecule is CO/N=C(\C(=O)OC)c1csc(Cl)n1. The summed E-state index contributed by atoms with van der Waals surface area (Å²) in [6.45, 7) is 0.